The first-order valence-corrected chi connectivity index (χ1v) is 4.88. The van der Waals surface area contributed by atoms with Crippen molar-refractivity contribution in [3.8, 4) is 5.75 Å². The third kappa shape index (κ3) is 2.75. The van der Waals surface area contributed by atoms with Gasteiger partial charge in [0.25, 0.3) is 10.1 Å². The van der Waals surface area contributed by atoms with E-state index in [1.54, 1.807) is 0 Å². The van der Waals surface area contributed by atoms with Crippen LogP contribution in [0.3, 0.4) is 0 Å². The fourth-order valence-corrected chi connectivity index (χ4v) is 1.49. The Bertz CT molecular complexity index is 447. The van der Waals surface area contributed by atoms with E-state index in [4.69, 9.17) is 21.9 Å². The maximum atomic E-state index is 11.1. The molecule has 0 bridgehead atoms. The average molecular weight is 246 g/mol. The van der Waals surface area contributed by atoms with Crippen LogP contribution in [0.4, 0.5) is 5.69 Å². The van der Waals surface area contributed by atoms with Gasteiger partial charge in [0.05, 0.1) is 9.92 Å². The Morgan fingerprint density at radius 2 is 1.93 bits per heavy atom. The molecule has 0 heterocycles. The van der Waals surface area contributed by atoms with Crippen molar-refractivity contribution in [3.63, 3.8) is 0 Å². The molecule has 0 spiro atoms. The second-order valence-electron chi connectivity index (χ2n) is 2.26. The van der Waals surface area contributed by atoms with Crippen LogP contribution in [0, 0.1) is 0 Å². The van der Waals surface area contributed by atoms with Crippen LogP contribution >= 0.6 is 11.6 Å². The number of nitrogens with two attached hydrogens (primary N) is 1. The van der Waals surface area contributed by atoms with Gasteiger partial charge in [-0.2, -0.15) is 8.42 Å². The minimum absolute atomic E-state index is 0. The first-order valence-electron chi connectivity index (χ1n) is 3.06. The number of anilines is 1. The monoisotopic (exact) mass is 245 g/mol. The van der Waals surface area contributed by atoms with E-state index in [1.807, 2.05) is 0 Å². The van der Waals surface area contributed by atoms with Gasteiger partial charge in [0.2, 0.25) is 0 Å². The zero-order valence-electron chi connectivity index (χ0n) is 7.19. The molecule has 0 saturated heterocycles. The molecule has 0 fully saturated rings. The summed E-state index contributed by atoms with van der Waals surface area (Å²) in [6.45, 7) is 0. The number of hydrogen-bond acceptors (Lipinski definition) is 4. The van der Waals surface area contributed by atoms with Crippen LogP contribution in [-0.2, 0) is 10.1 Å². The molecule has 0 aliphatic rings. The van der Waals surface area contributed by atoms with E-state index in [-0.39, 0.29) is 34.6 Å². The van der Waals surface area contributed by atoms with Crippen molar-refractivity contribution in [1.29, 1.82) is 0 Å². The van der Waals surface area contributed by atoms with Crippen molar-refractivity contribution < 1.29 is 47.6 Å². The third-order valence-corrected chi connectivity index (χ3v) is 2.59. The third-order valence-electron chi connectivity index (χ3n) is 1.38. The first kappa shape index (κ1) is 14.0. The number of nitrogen functional groups attached to an aromatic ring is 1. The molecule has 72 valence electrons. The van der Waals surface area contributed by atoms with Gasteiger partial charge < -0.3 is 10.8 Å². The van der Waals surface area contributed by atoms with E-state index in [2.05, 4.69) is 0 Å². The van der Waals surface area contributed by atoms with Gasteiger partial charge in [-0.3, -0.25) is 4.55 Å². The summed E-state index contributed by atoms with van der Waals surface area (Å²) in [5.74, 6) is -0.991. The van der Waals surface area contributed by atoms with Crippen LogP contribution in [0.15, 0.2) is 17.0 Å². The molecule has 8 heteroatoms. The van der Waals surface area contributed by atoms with Crippen molar-refractivity contribution in [2.24, 2.45) is 0 Å². The van der Waals surface area contributed by atoms with E-state index in [0.717, 1.165) is 12.1 Å². The van der Waals surface area contributed by atoms with Gasteiger partial charge in [-0.1, -0.05) is 17.4 Å². The summed E-state index contributed by atoms with van der Waals surface area (Å²) in [5, 5.41) is 11.0. The molecule has 0 unspecified atom stereocenters. The Morgan fingerprint density at radius 3 is 2.36 bits per heavy atom. The second kappa shape index (κ2) is 4.69. The van der Waals surface area contributed by atoms with Crippen LogP contribution < -0.4 is 40.4 Å². The predicted octanol–water partition coefficient (Wildman–Crippen LogP) is -2.75. The van der Waals surface area contributed by atoms with Gasteiger partial charge in [0.15, 0.2) is 0 Å². The van der Waals surface area contributed by atoms with Gasteiger partial charge in [0, 0.05) is 5.69 Å². The minimum Gasteiger partial charge on any atom is -0.870 e. The number of rotatable bonds is 1. The van der Waals surface area contributed by atoms with Gasteiger partial charge in [-0.05, 0) is 12.1 Å². The van der Waals surface area contributed by atoms with Gasteiger partial charge in [-0.25, -0.2) is 0 Å². The Labute approximate surface area is 108 Å². The molecule has 0 amide bonds. The second-order valence-corrected chi connectivity index (χ2v) is 4.06. The van der Waals surface area contributed by atoms with E-state index in [0.29, 0.717) is 0 Å². The zero-order chi connectivity index (χ0) is 10.2. The van der Waals surface area contributed by atoms with E-state index in [9.17, 15) is 13.5 Å². The topological polar surface area (TPSA) is 103 Å². The molecule has 1 aromatic rings. The summed E-state index contributed by atoms with van der Waals surface area (Å²) in [5.41, 5.74) is 4.77. The molecule has 0 saturated carbocycles. The molecule has 1 aromatic carbocycles. The van der Waals surface area contributed by atoms with Gasteiger partial charge >= 0.3 is 29.6 Å². The first-order chi connectivity index (χ1) is 5.84. The van der Waals surface area contributed by atoms with Crippen LogP contribution in [-0.4, -0.2) is 13.0 Å². The predicted molar refractivity (Wildman–Crippen MR) is 45.1 cm³/mol. The molecule has 3 N–H and O–H groups in total. The van der Waals surface area contributed by atoms with Crippen LogP contribution in [0.5, 0.6) is 5.75 Å². The van der Waals surface area contributed by atoms with Crippen molar-refractivity contribution >= 4 is 27.4 Å². The standard InChI is InChI=1S/C6H6ClNO4S.Na/c7-3-1-2-4(13(10,11)12)6(9)5(3)8;/h1-2,9H,8H2,(H,10,11,12);/q;+1/p-1. The Morgan fingerprint density at radius 1 is 1.43 bits per heavy atom. The molecule has 1 rings (SSSR count). The quantitative estimate of drug-likeness (QED) is 0.317. The smallest absolute Gasteiger partial charge is 0.870 e. The summed E-state index contributed by atoms with van der Waals surface area (Å²) < 4.78 is 29.7. The largest absolute Gasteiger partial charge is 1.00 e. The van der Waals surface area contributed by atoms with Crippen molar-refractivity contribution in [1.82, 2.24) is 0 Å². The molecule has 5 nitrogen and oxygen atoms in total. The molecular formula is C6H5ClNNaO4S. The van der Waals surface area contributed by atoms with Crippen LogP contribution in [0.2, 0.25) is 5.02 Å². The fourth-order valence-electron chi connectivity index (χ4n) is 0.759. The molecular weight excluding hydrogens is 241 g/mol. The van der Waals surface area contributed by atoms with Crippen molar-refractivity contribution in [2.45, 2.75) is 4.90 Å². The summed E-state index contributed by atoms with van der Waals surface area (Å²) >= 11 is 5.43. The van der Waals surface area contributed by atoms with E-state index >= 15 is 0 Å². The molecule has 0 aromatic heterocycles. The van der Waals surface area contributed by atoms with Crippen molar-refractivity contribution in [2.75, 3.05) is 5.73 Å². The minimum atomic E-state index is -4.52. The summed E-state index contributed by atoms with van der Waals surface area (Å²) in [6, 6.07) is 2.03. The van der Waals surface area contributed by atoms with Crippen molar-refractivity contribution in [3.05, 3.63) is 17.2 Å². The summed E-state index contributed by atoms with van der Waals surface area (Å²) in [6.07, 6.45) is 0. The number of benzene rings is 1. The van der Waals surface area contributed by atoms with Crippen LogP contribution in [0.25, 0.3) is 0 Å². The molecule has 0 radical (unpaired) electrons. The number of hydrogen-bond donors (Lipinski definition) is 2. The Hall–Kier alpha value is 0.0200. The normalized spacial score (nSPS) is 10.7. The number of halogens is 1. The molecule has 0 aliphatic carbocycles. The van der Waals surface area contributed by atoms with Gasteiger partial charge in [-0.15, -0.1) is 0 Å². The Balaban J connectivity index is 0.00000169. The van der Waals surface area contributed by atoms with Gasteiger partial charge in [0.1, 0.15) is 0 Å². The van der Waals surface area contributed by atoms with E-state index < -0.39 is 26.5 Å². The summed E-state index contributed by atoms with van der Waals surface area (Å²) in [7, 11) is -4.52. The molecule has 0 aliphatic heterocycles. The zero-order valence-corrected chi connectivity index (χ0v) is 10.8. The van der Waals surface area contributed by atoms with Crippen LogP contribution in [0.1, 0.15) is 0 Å². The Kier molecular flexibility index (Phi) is 4.70. The SMILES string of the molecule is Nc1c(Cl)ccc(S(=O)(=O)O)c1[O-].[Na+]. The molecule has 14 heavy (non-hydrogen) atoms. The maximum absolute atomic E-state index is 11.1. The fraction of sp³-hybridized carbons (Fsp3) is 0. The summed E-state index contributed by atoms with van der Waals surface area (Å²) in [4.78, 5) is -0.769. The average Bonchev–Trinajstić information content (AvgIpc) is 1.98. The van der Waals surface area contributed by atoms with E-state index in [1.165, 1.54) is 0 Å². The molecule has 0 atom stereocenters. The maximum Gasteiger partial charge on any atom is 1.00 e.